The lowest BCUT2D eigenvalue weighted by Crippen LogP contribution is -2.37. The van der Waals surface area contributed by atoms with Crippen LogP contribution >= 0.6 is 22.9 Å². The normalized spacial score (nSPS) is 11.9. The summed E-state index contributed by atoms with van der Waals surface area (Å²) in [5, 5.41) is 3.50. The molecule has 0 unspecified atom stereocenters. The van der Waals surface area contributed by atoms with Crippen molar-refractivity contribution in [2.45, 2.75) is 46.4 Å². The van der Waals surface area contributed by atoms with Crippen molar-refractivity contribution in [3.05, 3.63) is 80.8 Å². The molecule has 3 aromatic rings. The molecule has 4 nitrogen and oxygen atoms in total. The molecule has 1 amide bonds. The monoisotopic (exact) mass is 428 g/mol. The van der Waals surface area contributed by atoms with Crippen LogP contribution in [0.1, 0.15) is 46.9 Å². The Kier molecular flexibility index (Phi) is 7.29. The molecule has 0 aliphatic carbocycles. The minimum Gasteiger partial charge on any atom is -0.486 e. The van der Waals surface area contributed by atoms with Gasteiger partial charge in [0.1, 0.15) is 17.4 Å². The van der Waals surface area contributed by atoms with Crippen molar-refractivity contribution in [2.24, 2.45) is 0 Å². The summed E-state index contributed by atoms with van der Waals surface area (Å²) in [6.45, 7) is 7.03. The maximum Gasteiger partial charge on any atom is 0.254 e. The van der Waals surface area contributed by atoms with Crippen LogP contribution in [0.2, 0.25) is 5.02 Å². The van der Waals surface area contributed by atoms with Crippen molar-refractivity contribution < 1.29 is 9.53 Å². The highest BCUT2D eigenvalue weighted by molar-refractivity contribution is 7.09. The Hall–Kier alpha value is -2.37. The number of carbonyl (C=O) groups excluding carboxylic acids is 1. The highest BCUT2D eigenvalue weighted by Crippen LogP contribution is 2.21. The van der Waals surface area contributed by atoms with E-state index in [9.17, 15) is 4.79 Å². The predicted octanol–water partition coefficient (Wildman–Crippen LogP) is 6.12. The van der Waals surface area contributed by atoms with Gasteiger partial charge in [-0.3, -0.25) is 4.79 Å². The number of aromatic nitrogens is 1. The molecule has 3 rings (SSSR count). The van der Waals surface area contributed by atoms with Crippen LogP contribution in [-0.2, 0) is 13.2 Å². The molecule has 0 bridgehead atoms. The van der Waals surface area contributed by atoms with E-state index in [1.54, 1.807) is 6.07 Å². The summed E-state index contributed by atoms with van der Waals surface area (Å²) in [5.74, 6) is 0.745. The van der Waals surface area contributed by atoms with E-state index in [4.69, 9.17) is 16.3 Å². The summed E-state index contributed by atoms with van der Waals surface area (Å²) in [6.07, 6.45) is 0.881. The molecule has 0 aliphatic rings. The van der Waals surface area contributed by atoms with E-state index in [0.29, 0.717) is 29.5 Å². The minimum absolute atomic E-state index is 0.0316. The van der Waals surface area contributed by atoms with Crippen molar-refractivity contribution in [1.82, 2.24) is 9.88 Å². The predicted molar refractivity (Wildman–Crippen MR) is 119 cm³/mol. The standard InChI is InChI=1S/C23H25ClN2O2S/c1-4-17(3)26(23(27)18-10-8-16(2)9-11-18)13-20-15-29-22(25-20)14-28-21-7-5-6-19(24)12-21/h5-12,15,17H,4,13-14H2,1-3H3/t17-/m1/s1. The molecular weight excluding hydrogens is 404 g/mol. The van der Waals surface area contributed by atoms with E-state index in [-0.39, 0.29) is 11.9 Å². The molecule has 1 heterocycles. The van der Waals surface area contributed by atoms with Gasteiger partial charge in [0.25, 0.3) is 5.91 Å². The summed E-state index contributed by atoms with van der Waals surface area (Å²) in [6, 6.07) is 15.1. The molecule has 152 valence electrons. The van der Waals surface area contributed by atoms with Gasteiger partial charge in [-0.05, 0) is 50.6 Å². The number of nitrogens with zero attached hydrogens (tertiary/aromatic N) is 2. The van der Waals surface area contributed by atoms with Crippen molar-refractivity contribution in [1.29, 1.82) is 0 Å². The topological polar surface area (TPSA) is 42.4 Å². The van der Waals surface area contributed by atoms with Crippen LogP contribution in [0.25, 0.3) is 0 Å². The van der Waals surface area contributed by atoms with Crippen LogP contribution in [0, 0.1) is 6.92 Å². The number of benzene rings is 2. The molecule has 0 spiro atoms. The number of hydrogen-bond acceptors (Lipinski definition) is 4. The zero-order chi connectivity index (χ0) is 20.8. The van der Waals surface area contributed by atoms with Gasteiger partial charge >= 0.3 is 0 Å². The molecule has 0 saturated heterocycles. The Balaban J connectivity index is 1.68. The fourth-order valence-corrected chi connectivity index (χ4v) is 3.75. The first-order valence-electron chi connectivity index (χ1n) is 9.65. The molecule has 0 N–H and O–H groups in total. The maximum atomic E-state index is 13.1. The van der Waals surface area contributed by atoms with Crippen LogP contribution in [-0.4, -0.2) is 21.8 Å². The lowest BCUT2D eigenvalue weighted by atomic mass is 10.1. The van der Waals surface area contributed by atoms with Gasteiger partial charge < -0.3 is 9.64 Å². The number of carbonyl (C=O) groups is 1. The Morgan fingerprint density at radius 3 is 2.69 bits per heavy atom. The first-order valence-corrected chi connectivity index (χ1v) is 10.9. The zero-order valence-corrected chi connectivity index (χ0v) is 18.5. The molecular formula is C23H25ClN2O2S. The third kappa shape index (κ3) is 5.81. The van der Waals surface area contributed by atoms with Crippen molar-refractivity contribution in [2.75, 3.05) is 0 Å². The molecule has 2 aromatic carbocycles. The lowest BCUT2D eigenvalue weighted by Gasteiger charge is -2.28. The number of hydrogen-bond donors (Lipinski definition) is 0. The van der Waals surface area contributed by atoms with Gasteiger partial charge in [-0.15, -0.1) is 11.3 Å². The molecule has 0 radical (unpaired) electrons. The summed E-state index contributed by atoms with van der Waals surface area (Å²) < 4.78 is 5.77. The molecule has 0 aliphatic heterocycles. The van der Waals surface area contributed by atoms with Crippen molar-refractivity contribution in [3.63, 3.8) is 0 Å². The van der Waals surface area contributed by atoms with Crippen molar-refractivity contribution >= 4 is 28.8 Å². The van der Waals surface area contributed by atoms with Crippen LogP contribution in [0.4, 0.5) is 0 Å². The van der Waals surface area contributed by atoms with Crippen LogP contribution in [0.5, 0.6) is 5.75 Å². The highest BCUT2D eigenvalue weighted by Gasteiger charge is 2.22. The smallest absolute Gasteiger partial charge is 0.254 e. The van der Waals surface area contributed by atoms with E-state index >= 15 is 0 Å². The third-order valence-corrected chi connectivity index (χ3v) is 5.88. The second kappa shape index (κ2) is 9.90. The molecule has 29 heavy (non-hydrogen) atoms. The van der Waals surface area contributed by atoms with Crippen molar-refractivity contribution in [3.8, 4) is 5.75 Å². The largest absolute Gasteiger partial charge is 0.486 e. The zero-order valence-electron chi connectivity index (χ0n) is 16.9. The average Bonchev–Trinajstić information content (AvgIpc) is 3.17. The van der Waals surface area contributed by atoms with Crippen LogP contribution in [0.15, 0.2) is 53.9 Å². The van der Waals surface area contributed by atoms with Gasteiger partial charge in [0.05, 0.1) is 12.2 Å². The number of thiazole rings is 1. The Morgan fingerprint density at radius 1 is 1.24 bits per heavy atom. The number of rotatable bonds is 8. The van der Waals surface area contributed by atoms with E-state index in [0.717, 1.165) is 22.7 Å². The number of aryl methyl sites for hydroxylation is 1. The second-order valence-corrected chi connectivity index (χ2v) is 8.41. The minimum atomic E-state index is 0.0316. The molecule has 1 aromatic heterocycles. The number of ether oxygens (including phenoxy) is 1. The van der Waals surface area contributed by atoms with Gasteiger partial charge in [-0.2, -0.15) is 0 Å². The van der Waals surface area contributed by atoms with E-state index < -0.39 is 0 Å². The first kappa shape index (κ1) is 21.3. The number of halogens is 1. The van der Waals surface area contributed by atoms with Gasteiger partial charge in [0, 0.05) is 22.0 Å². The first-order chi connectivity index (χ1) is 14.0. The molecule has 6 heteroatoms. The van der Waals surface area contributed by atoms with E-state index in [1.807, 2.05) is 59.7 Å². The summed E-state index contributed by atoms with van der Waals surface area (Å²) in [5.41, 5.74) is 2.72. The Bertz CT molecular complexity index is 956. The SMILES string of the molecule is CC[C@@H](C)N(Cc1csc(COc2cccc(Cl)c2)n1)C(=O)c1ccc(C)cc1. The summed E-state index contributed by atoms with van der Waals surface area (Å²) in [4.78, 5) is 19.6. The van der Waals surface area contributed by atoms with Crippen LogP contribution < -0.4 is 4.74 Å². The molecule has 0 saturated carbocycles. The summed E-state index contributed by atoms with van der Waals surface area (Å²) >= 11 is 7.53. The van der Waals surface area contributed by atoms with Gasteiger partial charge in [-0.1, -0.05) is 42.3 Å². The third-order valence-electron chi connectivity index (χ3n) is 4.77. The Labute approximate surface area is 181 Å². The van der Waals surface area contributed by atoms with Crippen LogP contribution in [0.3, 0.4) is 0 Å². The van der Waals surface area contributed by atoms with Gasteiger partial charge in [0.15, 0.2) is 0 Å². The fraction of sp³-hybridized carbons (Fsp3) is 0.304. The quantitative estimate of drug-likeness (QED) is 0.433. The van der Waals surface area contributed by atoms with Gasteiger partial charge in [0.2, 0.25) is 0 Å². The molecule has 0 fully saturated rings. The Morgan fingerprint density at radius 2 is 2.00 bits per heavy atom. The summed E-state index contributed by atoms with van der Waals surface area (Å²) in [7, 11) is 0. The average molecular weight is 429 g/mol. The maximum absolute atomic E-state index is 13.1. The lowest BCUT2D eigenvalue weighted by molar-refractivity contribution is 0.0669. The number of amides is 1. The van der Waals surface area contributed by atoms with Gasteiger partial charge in [-0.25, -0.2) is 4.98 Å². The fourth-order valence-electron chi connectivity index (χ4n) is 2.87. The van der Waals surface area contributed by atoms with E-state index in [2.05, 4.69) is 18.8 Å². The highest BCUT2D eigenvalue weighted by atomic mass is 35.5. The van der Waals surface area contributed by atoms with E-state index in [1.165, 1.54) is 11.3 Å². The molecule has 1 atom stereocenters. The second-order valence-electron chi connectivity index (χ2n) is 7.03.